The second kappa shape index (κ2) is 9.73. The van der Waals surface area contributed by atoms with Crippen LogP contribution in [-0.2, 0) is 28.2 Å². The number of fused-ring (bicyclic) bond motifs is 1. The number of halogens is 1. The third-order valence-corrected chi connectivity index (χ3v) is 7.57. The number of nitrogens with zero attached hydrogens (tertiary/aromatic N) is 1. The molecule has 0 radical (unpaired) electrons. The van der Waals surface area contributed by atoms with E-state index in [4.69, 9.17) is 14.2 Å². The van der Waals surface area contributed by atoms with E-state index in [0.29, 0.717) is 24.3 Å². The molecule has 32 heavy (non-hydrogen) atoms. The largest absolute Gasteiger partial charge is 0.497 e. The molecule has 1 heterocycles. The van der Waals surface area contributed by atoms with Crippen molar-refractivity contribution in [3.05, 3.63) is 64.5 Å². The molecule has 0 unspecified atom stereocenters. The monoisotopic (exact) mass is 459 g/mol. The van der Waals surface area contributed by atoms with Crippen molar-refractivity contribution in [1.82, 2.24) is 4.90 Å². The zero-order valence-electron chi connectivity index (χ0n) is 20.0. The number of carbonyl (C=O) groups excluding carboxylic acids is 1. The van der Waals surface area contributed by atoms with Gasteiger partial charge in [-0.3, -0.25) is 4.79 Å². The Hall–Kier alpha value is -2.22. The first-order valence-electron chi connectivity index (χ1n) is 11.0. The van der Waals surface area contributed by atoms with E-state index < -0.39 is 19.4 Å². The van der Waals surface area contributed by atoms with Gasteiger partial charge in [-0.15, -0.1) is 0 Å². The number of ether oxygens (including phenoxy) is 3. The van der Waals surface area contributed by atoms with Crippen molar-refractivity contribution in [1.29, 1.82) is 0 Å². The fraction of sp³-hybridized carbons (Fsp3) is 0.480. The van der Waals surface area contributed by atoms with Gasteiger partial charge in [0.1, 0.15) is 18.4 Å². The molecule has 2 aromatic rings. The minimum absolute atomic E-state index is 0.152. The van der Waals surface area contributed by atoms with Crippen molar-refractivity contribution < 1.29 is 23.4 Å². The summed E-state index contributed by atoms with van der Waals surface area (Å²) < 4.78 is 30.9. The number of methoxy groups -OCH3 is 1. The topological polar surface area (TPSA) is 48.0 Å². The summed E-state index contributed by atoms with van der Waals surface area (Å²) in [6, 6.07) is 11.5. The van der Waals surface area contributed by atoms with E-state index in [1.54, 1.807) is 12.0 Å². The van der Waals surface area contributed by atoms with Gasteiger partial charge in [0.05, 0.1) is 19.3 Å². The second-order valence-corrected chi connectivity index (χ2v) is 15.6. The summed E-state index contributed by atoms with van der Waals surface area (Å²) in [4.78, 5) is 15.0. The Morgan fingerprint density at radius 2 is 1.75 bits per heavy atom. The van der Waals surface area contributed by atoms with Crippen LogP contribution in [0.1, 0.15) is 40.9 Å². The summed E-state index contributed by atoms with van der Waals surface area (Å²) in [5.74, 6) is 0.156. The van der Waals surface area contributed by atoms with Gasteiger partial charge < -0.3 is 19.1 Å². The van der Waals surface area contributed by atoms with E-state index in [1.165, 1.54) is 12.1 Å². The molecule has 174 valence electrons. The van der Waals surface area contributed by atoms with Gasteiger partial charge in [-0.05, 0) is 60.8 Å². The zero-order chi connectivity index (χ0) is 23.5. The maximum atomic E-state index is 14.4. The lowest BCUT2D eigenvalue weighted by molar-refractivity contribution is -0.0578. The van der Waals surface area contributed by atoms with Crippen LogP contribution in [0.3, 0.4) is 0 Å². The molecule has 0 aliphatic carbocycles. The lowest BCUT2D eigenvalue weighted by Crippen LogP contribution is -2.38. The van der Waals surface area contributed by atoms with Gasteiger partial charge in [0.25, 0.3) is 5.91 Å². The molecule has 1 aliphatic heterocycles. The smallest absolute Gasteiger partial charge is 0.255 e. The van der Waals surface area contributed by atoms with Crippen LogP contribution >= 0.6 is 0 Å². The Bertz CT molecular complexity index is 954. The van der Waals surface area contributed by atoms with E-state index in [-0.39, 0.29) is 19.3 Å². The number of hydrogen-bond donors (Lipinski definition) is 0. The first kappa shape index (κ1) is 24.4. The molecule has 1 aliphatic rings. The van der Waals surface area contributed by atoms with Crippen molar-refractivity contribution >= 4 is 14.0 Å². The minimum atomic E-state index is -1.16. The lowest BCUT2D eigenvalue weighted by Gasteiger charge is -2.33. The van der Waals surface area contributed by atoms with E-state index in [9.17, 15) is 9.18 Å². The number of amides is 1. The summed E-state index contributed by atoms with van der Waals surface area (Å²) in [6.07, 6.45) is 0. The zero-order valence-corrected chi connectivity index (χ0v) is 21.0. The van der Waals surface area contributed by atoms with Crippen molar-refractivity contribution in [3.63, 3.8) is 0 Å². The van der Waals surface area contributed by atoms with E-state index in [2.05, 4.69) is 19.6 Å². The van der Waals surface area contributed by atoms with Crippen LogP contribution in [0.2, 0.25) is 25.7 Å². The van der Waals surface area contributed by atoms with Crippen LogP contribution in [0.4, 0.5) is 4.39 Å². The summed E-state index contributed by atoms with van der Waals surface area (Å²) >= 11 is 0. The van der Waals surface area contributed by atoms with Crippen molar-refractivity contribution in [2.45, 2.75) is 58.2 Å². The van der Waals surface area contributed by atoms with Crippen LogP contribution in [0.5, 0.6) is 5.75 Å². The van der Waals surface area contributed by atoms with E-state index >= 15 is 0 Å². The van der Waals surface area contributed by atoms with Gasteiger partial charge >= 0.3 is 0 Å². The normalized spacial score (nSPS) is 15.2. The Morgan fingerprint density at radius 3 is 2.38 bits per heavy atom. The average Bonchev–Trinajstić information content (AvgIpc) is 2.90. The number of hydrogen-bond acceptors (Lipinski definition) is 4. The first-order chi connectivity index (χ1) is 15.0. The maximum absolute atomic E-state index is 14.4. The van der Waals surface area contributed by atoms with Crippen LogP contribution in [0.25, 0.3) is 0 Å². The molecule has 0 bridgehead atoms. The SMILES string of the molecule is COc1ccc(CN2C(=O)c3cc(F)cc(COCOCC[Si](C)(C)C)c3C2(C)C)cc1. The maximum Gasteiger partial charge on any atom is 0.255 e. The summed E-state index contributed by atoms with van der Waals surface area (Å²) in [7, 11) is 0.464. The van der Waals surface area contributed by atoms with Gasteiger partial charge in [-0.1, -0.05) is 31.8 Å². The van der Waals surface area contributed by atoms with Gasteiger partial charge in [-0.25, -0.2) is 4.39 Å². The predicted molar refractivity (Wildman–Crippen MR) is 126 cm³/mol. The average molecular weight is 460 g/mol. The quantitative estimate of drug-likeness (QED) is 0.265. The number of carbonyl (C=O) groups is 1. The molecule has 0 aromatic heterocycles. The Morgan fingerprint density at radius 1 is 1.06 bits per heavy atom. The van der Waals surface area contributed by atoms with Gasteiger partial charge in [0, 0.05) is 26.8 Å². The Labute approximate surface area is 191 Å². The molecule has 5 nitrogen and oxygen atoms in total. The Kier molecular flexibility index (Phi) is 7.42. The summed E-state index contributed by atoms with van der Waals surface area (Å²) in [5.41, 5.74) is 2.29. The fourth-order valence-corrected chi connectivity index (χ4v) is 4.79. The molecule has 0 fully saturated rings. The molecule has 2 aromatic carbocycles. The summed E-state index contributed by atoms with van der Waals surface area (Å²) in [5, 5.41) is 0. The van der Waals surface area contributed by atoms with Crippen LogP contribution in [-0.4, -0.2) is 39.4 Å². The highest BCUT2D eigenvalue weighted by molar-refractivity contribution is 6.76. The molecule has 1 amide bonds. The van der Waals surface area contributed by atoms with Crippen LogP contribution in [0, 0.1) is 5.82 Å². The van der Waals surface area contributed by atoms with Crippen LogP contribution < -0.4 is 4.74 Å². The van der Waals surface area contributed by atoms with Crippen molar-refractivity contribution in [2.75, 3.05) is 20.5 Å². The summed E-state index contributed by atoms with van der Waals surface area (Å²) in [6.45, 7) is 12.3. The Balaban J connectivity index is 1.73. The molecule has 0 N–H and O–H groups in total. The molecular formula is C25H34FNO4Si. The highest BCUT2D eigenvalue weighted by atomic mass is 28.3. The molecular weight excluding hydrogens is 425 g/mol. The molecule has 0 atom stereocenters. The van der Waals surface area contributed by atoms with Crippen LogP contribution in [0.15, 0.2) is 36.4 Å². The molecule has 7 heteroatoms. The number of rotatable bonds is 10. The highest BCUT2D eigenvalue weighted by Gasteiger charge is 2.44. The molecule has 0 saturated heterocycles. The third-order valence-electron chi connectivity index (χ3n) is 5.87. The second-order valence-electron chi connectivity index (χ2n) is 9.97. The van der Waals surface area contributed by atoms with Gasteiger partial charge in [0.15, 0.2) is 0 Å². The van der Waals surface area contributed by atoms with E-state index in [1.807, 2.05) is 38.1 Å². The van der Waals surface area contributed by atoms with Crippen molar-refractivity contribution in [3.8, 4) is 5.75 Å². The third kappa shape index (κ3) is 5.57. The standard InChI is InChI=1S/C25H34FNO4Si/c1-25(2)23-19(16-31-17-30-11-12-32(4,5)6)13-20(26)14-22(23)24(28)27(25)15-18-7-9-21(29-3)10-8-18/h7-10,13-14H,11-12,15-17H2,1-6H3. The van der Waals surface area contributed by atoms with Crippen molar-refractivity contribution in [2.24, 2.45) is 0 Å². The van der Waals surface area contributed by atoms with Gasteiger partial charge in [-0.2, -0.15) is 0 Å². The highest BCUT2D eigenvalue weighted by Crippen LogP contribution is 2.42. The lowest BCUT2D eigenvalue weighted by atomic mass is 9.89. The molecule has 3 rings (SSSR count). The molecule has 0 saturated carbocycles. The first-order valence-corrected chi connectivity index (χ1v) is 14.7. The number of benzene rings is 2. The fourth-order valence-electron chi connectivity index (χ4n) is 4.03. The van der Waals surface area contributed by atoms with Gasteiger partial charge in [0.2, 0.25) is 0 Å². The minimum Gasteiger partial charge on any atom is -0.497 e. The van der Waals surface area contributed by atoms with E-state index in [0.717, 1.165) is 22.9 Å². The molecule has 0 spiro atoms. The predicted octanol–water partition coefficient (Wildman–Crippen LogP) is 5.55.